The lowest BCUT2D eigenvalue weighted by Crippen LogP contribution is -3.00. The molecule has 2 amide bonds. The largest absolute Gasteiger partial charge is 1.00 e. The first-order valence-corrected chi connectivity index (χ1v) is 11.1. The van der Waals surface area contributed by atoms with Crippen molar-refractivity contribution in [1.82, 2.24) is 20.6 Å². The summed E-state index contributed by atoms with van der Waals surface area (Å²) in [7, 11) is 1.55. The number of ether oxygens (including phenoxy) is 1. The number of carbonyl (C=O) groups excluding carboxylic acids is 2. The van der Waals surface area contributed by atoms with Crippen molar-refractivity contribution in [2.45, 2.75) is 26.3 Å². The van der Waals surface area contributed by atoms with Crippen molar-refractivity contribution in [2.75, 3.05) is 13.7 Å². The molecule has 5 N–H and O–H groups in total. The first kappa shape index (κ1) is 29.0. The number of halogens is 1. The molecule has 12 heteroatoms. The number of aromatic amines is 2. The molecule has 0 fully saturated rings. The van der Waals surface area contributed by atoms with Crippen LogP contribution in [0.2, 0.25) is 0 Å². The van der Waals surface area contributed by atoms with Crippen LogP contribution >= 0.6 is 0 Å². The zero-order chi connectivity index (χ0) is 26.5. The Balaban J connectivity index is 0.00000481. The lowest BCUT2D eigenvalue weighted by Gasteiger charge is -2.26. The Morgan fingerprint density at radius 2 is 1.76 bits per heavy atom. The summed E-state index contributed by atoms with van der Waals surface area (Å²) in [4.78, 5) is 57.5. The molecule has 0 saturated carbocycles. The number of methoxy groups -OCH3 is 1. The molecule has 0 aliphatic heterocycles. The minimum absolute atomic E-state index is 0. The van der Waals surface area contributed by atoms with Gasteiger partial charge in [0.1, 0.15) is 6.20 Å². The molecule has 0 aliphatic carbocycles. The number of nitrogens with zero attached hydrogens (tertiary/aromatic N) is 1. The highest BCUT2D eigenvalue weighted by Gasteiger charge is 2.27. The number of aliphatic carboxylic acids is 1. The third-order valence-electron chi connectivity index (χ3n) is 5.62. The Kier molecular flexibility index (Phi) is 9.50. The van der Waals surface area contributed by atoms with E-state index < -0.39 is 34.8 Å². The number of nitrogens with one attached hydrogen (secondary N) is 4. The highest BCUT2D eigenvalue weighted by molar-refractivity contribution is 5.94. The molecule has 37 heavy (non-hydrogen) atoms. The second-order valence-corrected chi connectivity index (χ2v) is 8.73. The maximum Gasteiger partial charge on any atom is 0.348 e. The third kappa shape index (κ3) is 7.14. The van der Waals surface area contributed by atoms with E-state index in [2.05, 4.69) is 25.6 Å². The van der Waals surface area contributed by atoms with E-state index in [0.29, 0.717) is 5.88 Å². The second kappa shape index (κ2) is 12.1. The molecule has 0 saturated heterocycles. The van der Waals surface area contributed by atoms with Gasteiger partial charge in [0.15, 0.2) is 5.56 Å². The van der Waals surface area contributed by atoms with E-state index in [1.54, 1.807) is 33.2 Å². The Hall–Kier alpha value is -4.25. The van der Waals surface area contributed by atoms with E-state index in [4.69, 9.17) is 9.84 Å². The van der Waals surface area contributed by atoms with Crippen LogP contribution in [0.15, 0.2) is 53.6 Å². The number of hydrogen-bond acceptors (Lipinski definition) is 6. The zero-order valence-corrected chi connectivity index (χ0v) is 21.5. The highest BCUT2D eigenvalue weighted by Crippen LogP contribution is 2.25. The number of carbonyl (C=O) groups is 3. The van der Waals surface area contributed by atoms with Crippen LogP contribution in [0.4, 0.5) is 0 Å². The first-order valence-electron chi connectivity index (χ1n) is 11.1. The summed E-state index contributed by atoms with van der Waals surface area (Å²) < 4.78 is 5.08. The number of carboxylic acid groups (broad SMARTS) is 1. The number of hydrogen-bond donors (Lipinski definition) is 4. The quantitative estimate of drug-likeness (QED) is 0.258. The van der Waals surface area contributed by atoms with Crippen molar-refractivity contribution in [3.8, 4) is 17.0 Å². The van der Waals surface area contributed by atoms with Gasteiger partial charge in [-0.25, -0.2) is 19.7 Å². The SMILES string of the molecule is COc1ccc(-c2ccc(C(C)(C)NC(=O)c3c[nH+]c(C(=O)NCC(C)C(=O)O)[nH]c3=O)cc2)cn1.[Cl-]. The van der Waals surface area contributed by atoms with Gasteiger partial charge in [-0.3, -0.25) is 14.4 Å². The van der Waals surface area contributed by atoms with Crippen LogP contribution in [0.1, 0.15) is 47.3 Å². The summed E-state index contributed by atoms with van der Waals surface area (Å²) in [5, 5.41) is 14.1. The van der Waals surface area contributed by atoms with Gasteiger partial charge < -0.3 is 32.9 Å². The number of carboxylic acids is 1. The van der Waals surface area contributed by atoms with Crippen LogP contribution in [0, 0.1) is 5.92 Å². The van der Waals surface area contributed by atoms with E-state index in [1.165, 1.54) is 6.92 Å². The summed E-state index contributed by atoms with van der Waals surface area (Å²) in [6, 6.07) is 11.2. The molecule has 196 valence electrons. The summed E-state index contributed by atoms with van der Waals surface area (Å²) in [6.07, 6.45) is 2.85. The number of rotatable bonds is 9. The first-order chi connectivity index (χ1) is 17.0. The number of benzene rings is 1. The molecule has 1 atom stereocenters. The highest BCUT2D eigenvalue weighted by atomic mass is 35.5. The molecule has 0 aliphatic rings. The van der Waals surface area contributed by atoms with Crippen molar-refractivity contribution in [1.29, 1.82) is 0 Å². The van der Waals surface area contributed by atoms with E-state index in [0.717, 1.165) is 22.9 Å². The lowest BCUT2D eigenvalue weighted by atomic mass is 9.92. The van der Waals surface area contributed by atoms with Crippen LogP contribution in [-0.2, 0) is 10.3 Å². The minimum atomic E-state index is -1.06. The normalized spacial score (nSPS) is 11.6. The van der Waals surface area contributed by atoms with E-state index >= 15 is 0 Å². The van der Waals surface area contributed by atoms with E-state index in [9.17, 15) is 19.2 Å². The summed E-state index contributed by atoms with van der Waals surface area (Å²) >= 11 is 0. The molecule has 2 heterocycles. The second-order valence-electron chi connectivity index (χ2n) is 8.73. The molecular formula is C25H28ClN5O6. The van der Waals surface area contributed by atoms with Crippen LogP contribution in [0.3, 0.4) is 0 Å². The monoisotopic (exact) mass is 529 g/mol. The van der Waals surface area contributed by atoms with Gasteiger partial charge in [0, 0.05) is 24.4 Å². The molecular weight excluding hydrogens is 502 g/mol. The van der Waals surface area contributed by atoms with Crippen LogP contribution in [0.5, 0.6) is 5.88 Å². The van der Waals surface area contributed by atoms with Crippen molar-refractivity contribution >= 4 is 17.8 Å². The molecule has 0 radical (unpaired) electrons. The molecule has 3 rings (SSSR count). The lowest BCUT2D eigenvalue weighted by molar-refractivity contribution is -0.387. The van der Waals surface area contributed by atoms with E-state index in [1.807, 2.05) is 30.3 Å². The molecule has 2 aromatic heterocycles. The topological polar surface area (TPSA) is 165 Å². The van der Waals surface area contributed by atoms with E-state index in [-0.39, 0.29) is 30.3 Å². The van der Waals surface area contributed by atoms with Gasteiger partial charge in [0.05, 0.1) is 18.6 Å². The molecule has 11 nitrogen and oxygen atoms in total. The number of amides is 2. The van der Waals surface area contributed by atoms with Crippen molar-refractivity contribution in [3.05, 3.63) is 76.1 Å². The van der Waals surface area contributed by atoms with Crippen LogP contribution in [0.25, 0.3) is 11.1 Å². The van der Waals surface area contributed by atoms with Gasteiger partial charge in [0.2, 0.25) is 5.88 Å². The average molecular weight is 530 g/mol. The number of H-pyrrole nitrogens is 2. The fourth-order valence-corrected chi connectivity index (χ4v) is 3.31. The Morgan fingerprint density at radius 3 is 2.30 bits per heavy atom. The average Bonchev–Trinajstić information content (AvgIpc) is 2.86. The predicted octanol–water partition coefficient (Wildman–Crippen LogP) is -1.62. The zero-order valence-electron chi connectivity index (χ0n) is 20.7. The summed E-state index contributed by atoms with van der Waals surface area (Å²) in [6.45, 7) is 4.93. The third-order valence-corrected chi connectivity index (χ3v) is 5.62. The summed E-state index contributed by atoms with van der Waals surface area (Å²) in [5.74, 6) is -2.86. The van der Waals surface area contributed by atoms with Crippen molar-refractivity contribution < 1.29 is 41.6 Å². The van der Waals surface area contributed by atoms with Crippen molar-refractivity contribution in [3.63, 3.8) is 0 Å². The Labute approximate surface area is 219 Å². The molecule has 1 unspecified atom stereocenters. The standard InChI is InChI=1S/C25H27N5O6.ClH/c1-14(24(34)35)11-28-23(33)20-27-13-18(21(31)29-20)22(32)30-25(2,3)17-8-5-15(6-9-17)16-7-10-19(36-4)26-12-16;/h5-10,12-14H,11H2,1-4H3,(H,28,33)(H,30,32)(H,34,35)(H,27,29,31);1H. The Bertz CT molecular complexity index is 1320. The maximum atomic E-state index is 12.8. The predicted molar refractivity (Wildman–Crippen MR) is 129 cm³/mol. The molecule has 0 spiro atoms. The molecule has 1 aromatic carbocycles. The molecule has 0 bridgehead atoms. The van der Waals surface area contributed by atoms with Crippen LogP contribution in [-0.4, -0.2) is 46.5 Å². The van der Waals surface area contributed by atoms with Gasteiger partial charge >= 0.3 is 23.3 Å². The number of aromatic nitrogens is 3. The fourth-order valence-electron chi connectivity index (χ4n) is 3.31. The fraction of sp³-hybridized carbons (Fsp3) is 0.280. The summed E-state index contributed by atoms with van der Waals surface area (Å²) in [5.41, 5.74) is 0.871. The van der Waals surface area contributed by atoms with Gasteiger partial charge in [0.25, 0.3) is 5.91 Å². The van der Waals surface area contributed by atoms with Gasteiger partial charge in [-0.05, 0) is 31.0 Å². The Morgan fingerprint density at radius 1 is 1.11 bits per heavy atom. The molecule has 3 aromatic rings. The smallest absolute Gasteiger partial charge is 0.348 e. The van der Waals surface area contributed by atoms with Crippen LogP contribution < -0.4 is 38.3 Å². The maximum absolute atomic E-state index is 12.8. The van der Waals surface area contributed by atoms with Gasteiger partial charge in [-0.2, -0.15) is 0 Å². The minimum Gasteiger partial charge on any atom is -1.00 e. The number of pyridine rings is 1. The van der Waals surface area contributed by atoms with Crippen molar-refractivity contribution in [2.24, 2.45) is 5.92 Å². The van der Waals surface area contributed by atoms with Gasteiger partial charge in [-0.15, -0.1) is 0 Å². The van der Waals surface area contributed by atoms with Gasteiger partial charge in [-0.1, -0.05) is 31.2 Å².